The Labute approximate surface area is 144 Å². The van der Waals surface area contributed by atoms with Crippen molar-refractivity contribution in [1.29, 1.82) is 0 Å². The van der Waals surface area contributed by atoms with E-state index in [1.807, 2.05) is 0 Å². The quantitative estimate of drug-likeness (QED) is 0.817. The summed E-state index contributed by atoms with van der Waals surface area (Å²) in [4.78, 5) is 12.3. The van der Waals surface area contributed by atoms with Crippen LogP contribution in [0, 0.1) is 34.5 Å². The Morgan fingerprint density at radius 3 is 2.88 bits per heavy atom. The maximum atomic E-state index is 12.3. The normalized spacial score (nSPS) is 49.8. The zero-order chi connectivity index (χ0) is 17.1. The number of carbonyl (C=O) groups excluding carboxylic acids is 1. The van der Waals surface area contributed by atoms with E-state index < -0.39 is 0 Å². The van der Waals surface area contributed by atoms with E-state index in [-0.39, 0.29) is 35.2 Å². The Balaban J connectivity index is 1.72. The van der Waals surface area contributed by atoms with Crippen LogP contribution in [0.15, 0.2) is 23.8 Å². The predicted molar refractivity (Wildman–Crippen MR) is 93.2 cm³/mol. The van der Waals surface area contributed by atoms with Crippen molar-refractivity contribution in [3.8, 4) is 0 Å². The number of fused-ring (bicyclic) bond motifs is 5. The zero-order valence-electron chi connectivity index (χ0n) is 14.9. The first-order chi connectivity index (χ1) is 11.4. The molecule has 2 fully saturated rings. The maximum Gasteiger partial charge on any atom is 0.161 e. The second-order valence-corrected chi connectivity index (χ2v) is 9.08. The van der Waals surface area contributed by atoms with Gasteiger partial charge >= 0.3 is 0 Å². The molecule has 2 saturated carbocycles. The number of ketones is 1. The molecule has 2 N–H and O–H groups in total. The molecule has 7 atom stereocenters. The Kier molecular flexibility index (Phi) is 3.81. The van der Waals surface area contributed by atoms with Crippen molar-refractivity contribution in [3.63, 3.8) is 0 Å². The lowest BCUT2D eigenvalue weighted by Gasteiger charge is -2.58. The molecule has 4 aliphatic carbocycles. The van der Waals surface area contributed by atoms with Gasteiger partial charge in [-0.05, 0) is 72.7 Å². The Morgan fingerprint density at radius 1 is 1.33 bits per heavy atom. The molecular weight excluding hydrogens is 300 g/mol. The van der Waals surface area contributed by atoms with Gasteiger partial charge < -0.3 is 10.2 Å². The number of Topliss-reactive ketones (excluding diaryl/α,β-unsaturated/α-hetero) is 1. The van der Waals surface area contributed by atoms with E-state index in [4.69, 9.17) is 0 Å². The van der Waals surface area contributed by atoms with E-state index in [1.54, 1.807) is 0 Å². The summed E-state index contributed by atoms with van der Waals surface area (Å²) >= 11 is 0. The van der Waals surface area contributed by atoms with Gasteiger partial charge in [0.25, 0.3) is 0 Å². The molecular formula is C21H30O3. The first kappa shape index (κ1) is 16.5. The van der Waals surface area contributed by atoms with Crippen molar-refractivity contribution in [2.24, 2.45) is 34.5 Å². The van der Waals surface area contributed by atoms with E-state index in [0.29, 0.717) is 24.2 Å². The van der Waals surface area contributed by atoms with Crippen LogP contribution in [0.25, 0.3) is 0 Å². The van der Waals surface area contributed by atoms with Crippen LogP contribution in [0.5, 0.6) is 0 Å². The second kappa shape index (κ2) is 5.54. The molecule has 0 heterocycles. The summed E-state index contributed by atoms with van der Waals surface area (Å²) in [6, 6.07) is 0. The van der Waals surface area contributed by atoms with Crippen LogP contribution < -0.4 is 0 Å². The van der Waals surface area contributed by atoms with Crippen LogP contribution in [0.2, 0.25) is 0 Å². The minimum atomic E-state index is -0.357. The molecule has 0 bridgehead atoms. The summed E-state index contributed by atoms with van der Waals surface area (Å²) in [5.74, 6) is 1.17. The third kappa shape index (κ3) is 2.07. The van der Waals surface area contributed by atoms with Gasteiger partial charge in [0.2, 0.25) is 0 Å². The molecule has 0 aromatic carbocycles. The molecule has 3 heteroatoms. The fourth-order valence-corrected chi connectivity index (χ4v) is 7.07. The lowest BCUT2D eigenvalue weighted by molar-refractivity contribution is -0.141. The number of aliphatic hydroxyl groups excluding tert-OH is 2. The first-order valence-corrected chi connectivity index (χ1v) is 9.60. The second-order valence-electron chi connectivity index (χ2n) is 9.08. The third-order valence-electron chi connectivity index (χ3n) is 8.13. The van der Waals surface area contributed by atoms with Crippen molar-refractivity contribution in [2.45, 2.75) is 58.5 Å². The monoisotopic (exact) mass is 330 g/mol. The van der Waals surface area contributed by atoms with Gasteiger partial charge in [0.05, 0.1) is 6.10 Å². The van der Waals surface area contributed by atoms with Crippen molar-refractivity contribution in [2.75, 3.05) is 6.61 Å². The minimum Gasteiger partial charge on any atom is -0.393 e. The molecule has 0 aliphatic heterocycles. The summed E-state index contributed by atoms with van der Waals surface area (Å²) in [6.45, 7) is 4.19. The van der Waals surface area contributed by atoms with Crippen LogP contribution in [0.3, 0.4) is 0 Å². The molecule has 4 rings (SSSR count). The van der Waals surface area contributed by atoms with Crippen LogP contribution in [0.4, 0.5) is 0 Å². The molecule has 3 nitrogen and oxygen atoms in total. The van der Waals surface area contributed by atoms with Crippen LogP contribution in [-0.2, 0) is 4.79 Å². The summed E-state index contributed by atoms with van der Waals surface area (Å²) in [6.07, 6.45) is 12.5. The zero-order valence-corrected chi connectivity index (χ0v) is 14.9. The Morgan fingerprint density at radius 2 is 2.12 bits per heavy atom. The number of rotatable bonds is 2. The van der Waals surface area contributed by atoms with Crippen molar-refractivity contribution in [3.05, 3.63) is 23.8 Å². The maximum absolute atomic E-state index is 12.3. The van der Waals surface area contributed by atoms with Crippen LogP contribution >= 0.6 is 0 Å². The number of aliphatic hydroxyl groups is 2. The highest BCUT2D eigenvalue weighted by Crippen LogP contribution is 2.65. The summed E-state index contributed by atoms with van der Waals surface area (Å²) < 4.78 is 0. The van der Waals surface area contributed by atoms with Gasteiger partial charge in [-0.3, -0.25) is 4.79 Å². The number of carbonyl (C=O) groups is 1. The van der Waals surface area contributed by atoms with Gasteiger partial charge in [-0.2, -0.15) is 0 Å². The lowest BCUT2D eigenvalue weighted by Crippen LogP contribution is -2.56. The van der Waals surface area contributed by atoms with Crippen molar-refractivity contribution >= 4 is 5.78 Å². The highest BCUT2D eigenvalue weighted by Gasteiger charge is 2.61. The van der Waals surface area contributed by atoms with Gasteiger partial charge in [0.15, 0.2) is 5.78 Å². The average molecular weight is 330 g/mol. The molecule has 0 radical (unpaired) electrons. The summed E-state index contributed by atoms with van der Waals surface area (Å²) in [5.41, 5.74) is 1.35. The third-order valence-corrected chi connectivity index (χ3v) is 8.13. The van der Waals surface area contributed by atoms with E-state index >= 15 is 0 Å². The lowest BCUT2D eigenvalue weighted by atomic mass is 9.47. The Hall–Kier alpha value is -0.930. The molecule has 0 aromatic rings. The SMILES string of the molecule is C[C@]12C[C@H](O)[C@H]3[C@@H](CC=C4C=CCC[C@@]43C)[C@@H]1CC[C@@H]2C(=O)CO. The first-order valence-electron chi connectivity index (χ1n) is 9.60. The molecule has 0 saturated heterocycles. The predicted octanol–water partition coefficient (Wildman–Crippen LogP) is 3.26. The van der Waals surface area contributed by atoms with Crippen LogP contribution in [-0.4, -0.2) is 28.7 Å². The topological polar surface area (TPSA) is 57.5 Å². The molecule has 0 spiro atoms. The number of allylic oxidation sites excluding steroid dienone is 4. The smallest absolute Gasteiger partial charge is 0.161 e. The van der Waals surface area contributed by atoms with Gasteiger partial charge in [-0.1, -0.05) is 32.1 Å². The van der Waals surface area contributed by atoms with Crippen molar-refractivity contribution in [1.82, 2.24) is 0 Å². The fraction of sp³-hybridized carbons (Fsp3) is 0.762. The highest BCUT2D eigenvalue weighted by atomic mass is 16.3. The molecule has 0 aromatic heterocycles. The largest absolute Gasteiger partial charge is 0.393 e. The standard InChI is InChI=1S/C21H30O3/c1-20-10-4-3-5-13(20)6-7-14-15-8-9-16(18(24)12-22)21(15,2)11-17(23)19(14)20/h3,5-6,14-17,19,22-23H,4,7-12H2,1-2H3/t14-,15-,16+,17-,19+,20-,21-/m0/s1. The molecule has 132 valence electrons. The van der Waals surface area contributed by atoms with Gasteiger partial charge in [0.1, 0.15) is 6.61 Å². The number of hydrogen-bond donors (Lipinski definition) is 2. The molecule has 4 aliphatic rings. The minimum absolute atomic E-state index is 0.0236. The van der Waals surface area contributed by atoms with E-state index in [0.717, 1.165) is 32.1 Å². The van der Waals surface area contributed by atoms with E-state index in [1.165, 1.54) is 5.57 Å². The van der Waals surface area contributed by atoms with Gasteiger partial charge in [-0.15, -0.1) is 0 Å². The summed E-state index contributed by atoms with van der Waals surface area (Å²) in [7, 11) is 0. The number of hydrogen-bond acceptors (Lipinski definition) is 3. The van der Waals surface area contributed by atoms with Crippen molar-refractivity contribution < 1.29 is 15.0 Å². The van der Waals surface area contributed by atoms with E-state index in [9.17, 15) is 15.0 Å². The van der Waals surface area contributed by atoms with E-state index in [2.05, 4.69) is 32.1 Å². The van der Waals surface area contributed by atoms with Gasteiger partial charge in [0, 0.05) is 5.92 Å². The van der Waals surface area contributed by atoms with Crippen LogP contribution in [0.1, 0.15) is 52.4 Å². The van der Waals surface area contributed by atoms with Gasteiger partial charge in [-0.25, -0.2) is 0 Å². The Bertz CT molecular complexity index is 606. The molecule has 0 unspecified atom stereocenters. The fourth-order valence-electron chi connectivity index (χ4n) is 7.07. The molecule has 0 amide bonds. The summed E-state index contributed by atoms with van der Waals surface area (Å²) in [5, 5.41) is 20.5. The molecule has 24 heavy (non-hydrogen) atoms. The average Bonchev–Trinajstić information content (AvgIpc) is 2.89. The highest BCUT2D eigenvalue weighted by molar-refractivity contribution is 5.83.